The van der Waals surface area contributed by atoms with E-state index in [1.54, 1.807) is 13.0 Å². The van der Waals surface area contributed by atoms with Crippen LogP contribution in [0.5, 0.6) is 0 Å². The Hall–Kier alpha value is -0.830. The van der Waals surface area contributed by atoms with Crippen LogP contribution in [0, 0.1) is 11.3 Å². The van der Waals surface area contributed by atoms with Gasteiger partial charge in [-0.25, -0.2) is 0 Å². The molecule has 0 rings (SSSR count). The molecule has 0 N–H and O–H groups in total. The second kappa shape index (κ2) is 8.29. The molecule has 3 nitrogen and oxygen atoms in total. The highest BCUT2D eigenvalue weighted by Gasteiger charge is 2.30. The fourth-order valence-electron chi connectivity index (χ4n) is 1.29. The van der Waals surface area contributed by atoms with Gasteiger partial charge in [-0.15, -0.1) is 6.58 Å². The molecule has 0 spiro atoms. The molecule has 17 heavy (non-hydrogen) atoms. The number of carbonyl (C=O) groups is 1. The van der Waals surface area contributed by atoms with E-state index in [0.29, 0.717) is 25.6 Å². The smallest absolute Gasteiger partial charge is 0.315 e. The lowest BCUT2D eigenvalue weighted by Crippen LogP contribution is -2.29. The van der Waals surface area contributed by atoms with E-state index >= 15 is 0 Å². The molecular formula is C14H26O3. The van der Waals surface area contributed by atoms with Crippen LogP contribution in [0.3, 0.4) is 0 Å². The van der Waals surface area contributed by atoms with Crippen LogP contribution in [-0.2, 0) is 14.3 Å². The third-order valence-corrected chi connectivity index (χ3v) is 2.80. The average Bonchev–Trinajstić information content (AvgIpc) is 2.28. The van der Waals surface area contributed by atoms with Crippen molar-refractivity contribution in [1.29, 1.82) is 0 Å². The number of rotatable bonds is 9. The number of carbonyl (C=O) groups excluding carboxylic acids is 1. The van der Waals surface area contributed by atoms with Crippen molar-refractivity contribution in [3.63, 3.8) is 0 Å². The number of esters is 1. The average molecular weight is 242 g/mol. The van der Waals surface area contributed by atoms with Gasteiger partial charge < -0.3 is 9.47 Å². The van der Waals surface area contributed by atoms with Crippen molar-refractivity contribution in [1.82, 2.24) is 0 Å². The Morgan fingerprint density at radius 3 is 2.53 bits per heavy atom. The van der Waals surface area contributed by atoms with Crippen LogP contribution in [0.1, 0.15) is 40.5 Å². The first-order chi connectivity index (χ1) is 7.96. The SMILES string of the molecule is C=CC(C)(CCOCCC(C)C)C(=O)OCC. The zero-order valence-electron chi connectivity index (χ0n) is 11.6. The Morgan fingerprint density at radius 1 is 1.41 bits per heavy atom. The fourth-order valence-corrected chi connectivity index (χ4v) is 1.29. The minimum Gasteiger partial charge on any atom is -0.465 e. The van der Waals surface area contributed by atoms with Crippen LogP contribution in [0.25, 0.3) is 0 Å². The van der Waals surface area contributed by atoms with Gasteiger partial charge in [-0.1, -0.05) is 19.9 Å². The molecule has 3 heteroatoms. The van der Waals surface area contributed by atoms with Crippen LogP contribution in [-0.4, -0.2) is 25.8 Å². The van der Waals surface area contributed by atoms with E-state index in [1.807, 2.05) is 6.92 Å². The third-order valence-electron chi connectivity index (χ3n) is 2.80. The highest BCUT2D eigenvalue weighted by atomic mass is 16.5. The van der Waals surface area contributed by atoms with Crippen LogP contribution in [0.15, 0.2) is 12.7 Å². The van der Waals surface area contributed by atoms with E-state index < -0.39 is 5.41 Å². The van der Waals surface area contributed by atoms with Gasteiger partial charge in [0.25, 0.3) is 0 Å². The van der Waals surface area contributed by atoms with E-state index in [0.717, 1.165) is 13.0 Å². The standard InChI is InChI=1S/C14H26O3/c1-6-14(5,13(15)17-7-2)9-11-16-10-8-12(3)4/h6,12H,1,7-11H2,2-5H3. The van der Waals surface area contributed by atoms with Gasteiger partial charge in [-0.2, -0.15) is 0 Å². The summed E-state index contributed by atoms with van der Waals surface area (Å²) in [6.45, 7) is 13.4. The van der Waals surface area contributed by atoms with E-state index in [2.05, 4.69) is 20.4 Å². The molecule has 1 unspecified atom stereocenters. The zero-order valence-corrected chi connectivity index (χ0v) is 11.6. The molecule has 0 saturated heterocycles. The van der Waals surface area contributed by atoms with Crippen LogP contribution >= 0.6 is 0 Å². The van der Waals surface area contributed by atoms with Crippen molar-refractivity contribution in [2.45, 2.75) is 40.5 Å². The second-order valence-electron chi connectivity index (χ2n) is 4.89. The molecule has 0 aliphatic heterocycles. The third kappa shape index (κ3) is 6.47. The summed E-state index contributed by atoms with van der Waals surface area (Å²) in [5.74, 6) is 0.424. The molecule has 0 aromatic heterocycles. The first-order valence-electron chi connectivity index (χ1n) is 6.34. The predicted octanol–water partition coefficient (Wildman–Crippen LogP) is 3.19. The van der Waals surface area contributed by atoms with Gasteiger partial charge in [0.15, 0.2) is 0 Å². The Labute approximate surface area is 105 Å². The van der Waals surface area contributed by atoms with E-state index in [4.69, 9.17) is 9.47 Å². The summed E-state index contributed by atoms with van der Waals surface area (Å²) in [6.07, 6.45) is 3.31. The monoisotopic (exact) mass is 242 g/mol. The van der Waals surface area contributed by atoms with E-state index in [1.165, 1.54) is 0 Å². The molecule has 0 saturated carbocycles. The topological polar surface area (TPSA) is 35.5 Å². The quantitative estimate of drug-likeness (QED) is 0.354. The predicted molar refractivity (Wildman–Crippen MR) is 69.8 cm³/mol. The molecule has 0 fully saturated rings. The molecular weight excluding hydrogens is 216 g/mol. The zero-order chi connectivity index (χ0) is 13.3. The minimum atomic E-state index is -0.631. The van der Waals surface area contributed by atoms with Gasteiger partial charge in [0.05, 0.1) is 12.0 Å². The summed E-state index contributed by atoms with van der Waals surface area (Å²) in [5, 5.41) is 0. The summed E-state index contributed by atoms with van der Waals surface area (Å²) >= 11 is 0. The van der Waals surface area contributed by atoms with Crippen LogP contribution in [0.4, 0.5) is 0 Å². The summed E-state index contributed by atoms with van der Waals surface area (Å²) in [7, 11) is 0. The van der Waals surface area contributed by atoms with Crippen molar-refractivity contribution in [3.05, 3.63) is 12.7 Å². The highest BCUT2D eigenvalue weighted by Crippen LogP contribution is 2.24. The molecule has 0 aliphatic carbocycles. The lowest BCUT2D eigenvalue weighted by atomic mass is 9.87. The fraction of sp³-hybridized carbons (Fsp3) is 0.786. The molecule has 0 amide bonds. The summed E-state index contributed by atoms with van der Waals surface area (Å²) in [5.41, 5.74) is -0.631. The molecule has 0 aromatic carbocycles. The van der Waals surface area contributed by atoms with Crippen molar-refractivity contribution in [2.75, 3.05) is 19.8 Å². The van der Waals surface area contributed by atoms with E-state index in [-0.39, 0.29) is 5.97 Å². The Kier molecular flexibility index (Phi) is 7.88. The molecule has 0 radical (unpaired) electrons. The van der Waals surface area contributed by atoms with Crippen molar-refractivity contribution >= 4 is 5.97 Å². The van der Waals surface area contributed by atoms with Crippen LogP contribution in [0.2, 0.25) is 0 Å². The van der Waals surface area contributed by atoms with Gasteiger partial charge >= 0.3 is 5.97 Å². The molecule has 0 bridgehead atoms. The minimum absolute atomic E-state index is 0.220. The maximum absolute atomic E-state index is 11.7. The molecule has 0 heterocycles. The first-order valence-corrected chi connectivity index (χ1v) is 6.34. The number of hydrogen-bond donors (Lipinski definition) is 0. The Balaban J connectivity index is 3.96. The summed E-state index contributed by atoms with van der Waals surface area (Å²) in [4.78, 5) is 11.7. The normalized spacial score (nSPS) is 14.4. The van der Waals surface area contributed by atoms with Gasteiger partial charge in [0.1, 0.15) is 0 Å². The van der Waals surface area contributed by atoms with Crippen molar-refractivity contribution in [2.24, 2.45) is 11.3 Å². The van der Waals surface area contributed by atoms with Crippen molar-refractivity contribution < 1.29 is 14.3 Å². The highest BCUT2D eigenvalue weighted by molar-refractivity contribution is 5.78. The molecule has 100 valence electrons. The van der Waals surface area contributed by atoms with Crippen molar-refractivity contribution in [3.8, 4) is 0 Å². The Morgan fingerprint density at radius 2 is 2.06 bits per heavy atom. The van der Waals surface area contributed by atoms with Gasteiger partial charge in [-0.05, 0) is 32.6 Å². The molecule has 1 atom stereocenters. The summed E-state index contributed by atoms with van der Waals surface area (Å²) < 4.78 is 10.5. The van der Waals surface area contributed by atoms with Gasteiger partial charge in [0.2, 0.25) is 0 Å². The number of hydrogen-bond acceptors (Lipinski definition) is 3. The second-order valence-corrected chi connectivity index (χ2v) is 4.89. The summed E-state index contributed by atoms with van der Waals surface area (Å²) in [6, 6.07) is 0. The first kappa shape index (κ1) is 16.2. The lowest BCUT2D eigenvalue weighted by Gasteiger charge is -2.23. The van der Waals surface area contributed by atoms with Crippen LogP contribution < -0.4 is 0 Å². The van der Waals surface area contributed by atoms with Gasteiger partial charge in [0, 0.05) is 13.2 Å². The molecule has 0 aromatic rings. The maximum atomic E-state index is 11.7. The molecule has 0 aliphatic rings. The largest absolute Gasteiger partial charge is 0.465 e. The van der Waals surface area contributed by atoms with Gasteiger partial charge in [-0.3, -0.25) is 4.79 Å². The lowest BCUT2D eigenvalue weighted by molar-refractivity contribution is -0.152. The van der Waals surface area contributed by atoms with E-state index in [9.17, 15) is 4.79 Å². The Bertz CT molecular complexity index is 236. The maximum Gasteiger partial charge on any atom is 0.315 e. The number of ether oxygens (including phenoxy) is 2.